The van der Waals surface area contributed by atoms with Gasteiger partial charge in [-0.3, -0.25) is 19.8 Å². The smallest absolute Gasteiger partial charge is 0.358 e. The van der Waals surface area contributed by atoms with Crippen molar-refractivity contribution in [1.29, 1.82) is 0 Å². The number of fused-ring (bicyclic) bond motifs is 1. The summed E-state index contributed by atoms with van der Waals surface area (Å²) in [4.78, 5) is 66.1. The van der Waals surface area contributed by atoms with Crippen LogP contribution in [0.1, 0.15) is 60.1 Å². The molecule has 1 aromatic carbocycles. The monoisotopic (exact) mass is 618 g/mol. The van der Waals surface area contributed by atoms with E-state index >= 15 is 0 Å². The number of benzene rings is 1. The molecule has 3 aliphatic heterocycles. The highest BCUT2D eigenvalue weighted by Crippen LogP contribution is 2.47. The average molecular weight is 619 g/mol. The van der Waals surface area contributed by atoms with Gasteiger partial charge in [-0.15, -0.1) is 0 Å². The van der Waals surface area contributed by atoms with Crippen molar-refractivity contribution in [3.63, 3.8) is 0 Å². The number of amides is 4. The number of nitrogens with one attached hydrogen (secondary N) is 2. The van der Waals surface area contributed by atoms with Gasteiger partial charge < -0.3 is 20.1 Å². The van der Waals surface area contributed by atoms with Crippen molar-refractivity contribution in [3.8, 4) is 23.7 Å². The molecule has 6 rings (SSSR count). The molecule has 2 fully saturated rings. The second-order valence-corrected chi connectivity index (χ2v) is 10.8. The van der Waals surface area contributed by atoms with Gasteiger partial charge in [0, 0.05) is 47.0 Å². The molecule has 12 heteroatoms. The number of nitrogens with zero attached hydrogens (tertiary/aromatic N) is 4. The van der Waals surface area contributed by atoms with Crippen LogP contribution in [0, 0.1) is 23.7 Å². The summed E-state index contributed by atoms with van der Waals surface area (Å²) < 4.78 is 11.1. The first-order chi connectivity index (χ1) is 22.4. The summed E-state index contributed by atoms with van der Waals surface area (Å²) >= 11 is 0. The molecule has 4 amide bonds. The maximum atomic E-state index is 14.2. The molecular formula is C34H30N6O6. The summed E-state index contributed by atoms with van der Waals surface area (Å²) in [5, 5.41) is 5.19. The van der Waals surface area contributed by atoms with Crippen LogP contribution in [0.25, 0.3) is 0 Å². The molecule has 3 aromatic rings. The minimum atomic E-state index is -2.27. The van der Waals surface area contributed by atoms with E-state index < -0.39 is 35.3 Å². The van der Waals surface area contributed by atoms with Crippen LogP contribution >= 0.6 is 0 Å². The third kappa shape index (κ3) is 4.85. The maximum Gasteiger partial charge on any atom is 0.358 e. The third-order valence-corrected chi connectivity index (χ3v) is 7.96. The zero-order valence-electron chi connectivity index (χ0n) is 25.3. The van der Waals surface area contributed by atoms with Crippen molar-refractivity contribution in [1.82, 2.24) is 30.4 Å². The maximum absolute atomic E-state index is 14.2. The normalized spacial score (nSPS) is 20.5. The van der Waals surface area contributed by atoms with E-state index in [4.69, 9.17) is 9.47 Å². The zero-order chi connectivity index (χ0) is 32.3. The first kappa shape index (κ1) is 30.2. The predicted octanol–water partition coefficient (Wildman–Crippen LogP) is 2.64. The third-order valence-electron chi connectivity index (χ3n) is 7.96. The lowest BCUT2D eigenvalue weighted by atomic mass is 9.93. The molecular weight excluding hydrogens is 588 g/mol. The number of carbonyl (C=O) groups excluding carboxylic acids is 4. The van der Waals surface area contributed by atoms with Gasteiger partial charge in [-0.25, -0.2) is 19.2 Å². The van der Waals surface area contributed by atoms with Crippen molar-refractivity contribution in [2.24, 2.45) is 0 Å². The summed E-state index contributed by atoms with van der Waals surface area (Å²) in [6, 6.07) is 9.13. The molecule has 2 saturated heterocycles. The molecule has 232 valence electrons. The Labute approximate surface area is 265 Å². The van der Waals surface area contributed by atoms with E-state index in [1.54, 1.807) is 68.1 Å². The molecule has 2 N–H and O–H groups in total. The van der Waals surface area contributed by atoms with Crippen LogP contribution in [-0.4, -0.2) is 68.3 Å². The number of pyridine rings is 2. The van der Waals surface area contributed by atoms with Crippen LogP contribution in [0.4, 0.5) is 9.59 Å². The van der Waals surface area contributed by atoms with Crippen LogP contribution < -0.4 is 10.6 Å². The van der Waals surface area contributed by atoms with Crippen LogP contribution in [0.3, 0.4) is 0 Å². The van der Waals surface area contributed by atoms with Crippen molar-refractivity contribution in [2.75, 3.05) is 13.2 Å². The van der Waals surface area contributed by atoms with Gasteiger partial charge in [0.2, 0.25) is 0 Å². The number of ether oxygens (including phenoxy) is 2. The van der Waals surface area contributed by atoms with Crippen LogP contribution in [0.2, 0.25) is 0 Å². The number of esters is 2. The second-order valence-electron chi connectivity index (χ2n) is 10.8. The van der Waals surface area contributed by atoms with E-state index in [-0.39, 0.29) is 26.3 Å². The van der Waals surface area contributed by atoms with Gasteiger partial charge in [-0.1, -0.05) is 37.5 Å². The van der Waals surface area contributed by atoms with E-state index in [0.29, 0.717) is 35.1 Å². The summed E-state index contributed by atoms with van der Waals surface area (Å²) in [6.45, 7) is 3.25. The van der Waals surface area contributed by atoms with Crippen molar-refractivity contribution >= 4 is 24.0 Å². The van der Waals surface area contributed by atoms with Gasteiger partial charge in [-0.05, 0) is 60.4 Å². The van der Waals surface area contributed by atoms with Gasteiger partial charge in [0.1, 0.15) is 0 Å². The lowest BCUT2D eigenvalue weighted by molar-refractivity contribution is -0.179. The fraction of sp³-hybridized carbons (Fsp3) is 0.294. The van der Waals surface area contributed by atoms with Gasteiger partial charge in [0.25, 0.3) is 11.3 Å². The Bertz CT molecular complexity index is 1730. The summed E-state index contributed by atoms with van der Waals surface area (Å²) in [5.41, 5.74) is -0.828. The molecule has 3 aliphatic rings. The summed E-state index contributed by atoms with van der Waals surface area (Å²) in [5.74, 6) is 10.7. The SMILES string of the molecule is CCCOC(=O)C12NC(=O)N3Cc4c(C#Cc5ccncc5)ccc(C#Cc5ccncc5)c4CN(C(=O)N1)C32C(=O)OCCC. The van der Waals surface area contributed by atoms with E-state index in [2.05, 4.69) is 44.3 Å². The summed E-state index contributed by atoms with van der Waals surface area (Å²) in [7, 11) is 0. The fourth-order valence-corrected chi connectivity index (χ4v) is 5.85. The topological polar surface area (TPSA) is 143 Å². The molecule has 0 radical (unpaired) electrons. The van der Waals surface area contributed by atoms with E-state index in [1.807, 2.05) is 6.92 Å². The average Bonchev–Trinajstić information content (AvgIpc) is 3.37. The Morgan fingerprint density at radius 2 is 1.15 bits per heavy atom. The Kier molecular flexibility index (Phi) is 8.03. The fourth-order valence-electron chi connectivity index (χ4n) is 5.85. The predicted molar refractivity (Wildman–Crippen MR) is 163 cm³/mol. The lowest BCUT2D eigenvalue weighted by Crippen LogP contribution is -2.74. The molecule has 0 unspecified atom stereocenters. The minimum absolute atomic E-state index is 0.00297. The Balaban J connectivity index is 1.57. The van der Waals surface area contributed by atoms with E-state index in [9.17, 15) is 19.2 Å². The molecule has 46 heavy (non-hydrogen) atoms. The lowest BCUT2D eigenvalue weighted by Gasteiger charge is -2.41. The Morgan fingerprint density at radius 3 is 1.59 bits per heavy atom. The molecule has 0 saturated carbocycles. The quantitative estimate of drug-likeness (QED) is 0.317. The van der Waals surface area contributed by atoms with Gasteiger partial charge in [-0.2, -0.15) is 0 Å². The summed E-state index contributed by atoms with van der Waals surface area (Å²) in [6.07, 6.45) is 7.48. The number of carbonyl (C=O) groups is 4. The molecule has 12 nitrogen and oxygen atoms in total. The molecule has 2 aromatic heterocycles. The first-order valence-electron chi connectivity index (χ1n) is 14.9. The van der Waals surface area contributed by atoms with Crippen molar-refractivity contribution in [3.05, 3.63) is 94.6 Å². The number of hydrogen-bond donors (Lipinski definition) is 2. The minimum Gasteiger partial charge on any atom is -0.462 e. The number of aromatic nitrogens is 2. The first-order valence-corrected chi connectivity index (χ1v) is 14.9. The number of urea groups is 2. The second kappa shape index (κ2) is 12.3. The van der Waals surface area contributed by atoms with E-state index in [0.717, 1.165) is 11.1 Å². The van der Waals surface area contributed by atoms with Gasteiger partial charge >= 0.3 is 24.0 Å². The van der Waals surface area contributed by atoms with Crippen LogP contribution in [-0.2, 0) is 32.2 Å². The standard InChI is InChI=1S/C34H30N6O6/c1-3-19-45-29(41)33-34(30(42)46-20-4-2)39(31(43)37-33)21-27-25(7-5-23-11-15-35-16-12-23)9-10-26(8-6-24-13-17-36-18-14-24)28(27)22-40(34)32(44)38-33/h9-18H,3-4,19-22H2,1-2H3,(H,37,43)(H,38,44). The van der Waals surface area contributed by atoms with Crippen LogP contribution in [0.15, 0.2) is 61.2 Å². The number of hydrogen-bond acceptors (Lipinski definition) is 8. The van der Waals surface area contributed by atoms with Crippen molar-refractivity contribution in [2.45, 2.75) is 51.1 Å². The molecule has 0 spiro atoms. The van der Waals surface area contributed by atoms with Crippen molar-refractivity contribution < 1.29 is 28.7 Å². The van der Waals surface area contributed by atoms with Gasteiger partial charge in [0.15, 0.2) is 0 Å². The zero-order valence-corrected chi connectivity index (χ0v) is 25.3. The molecule has 0 aliphatic carbocycles. The molecule has 0 bridgehead atoms. The highest BCUT2D eigenvalue weighted by Gasteiger charge is 2.82. The number of rotatable bonds is 6. The molecule has 5 heterocycles. The highest BCUT2D eigenvalue weighted by atomic mass is 16.5. The van der Waals surface area contributed by atoms with Crippen LogP contribution in [0.5, 0.6) is 0 Å². The molecule has 0 atom stereocenters. The Morgan fingerprint density at radius 1 is 0.717 bits per heavy atom. The Hall–Kier alpha value is -5.88. The van der Waals surface area contributed by atoms with E-state index in [1.165, 1.54) is 9.80 Å². The van der Waals surface area contributed by atoms with Gasteiger partial charge in [0.05, 0.1) is 26.3 Å². The largest absolute Gasteiger partial charge is 0.462 e. The highest BCUT2D eigenvalue weighted by molar-refractivity contribution is 6.09.